The predicted molar refractivity (Wildman–Crippen MR) is 95.6 cm³/mol. The number of amides is 1. The van der Waals surface area contributed by atoms with Gasteiger partial charge in [-0.3, -0.25) is 0 Å². The summed E-state index contributed by atoms with van der Waals surface area (Å²) in [7, 11) is 0. The summed E-state index contributed by atoms with van der Waals surface area (Å²) in [5.74, 6) is 4.49. The number of nitrogens with one attached hydrogen (secondary N) is 2. The molecule has 0 aromatic carbocycles. The molecule has 2 aromatic rings. The van der Waals surface area contributed by atoms with E-state index in [-0.39, 0.29) is 11.8 Å². The van der Waals surface area contributed by atoms with Crippen LogP contribution in [0.3, 0.4) is 0 Å². The van der Waals surface area contributed by atoms with Crippen molar-refractivity contribution in [2.45, 2.75) is 31.6 Å². The predicted octanol–water partition coefficient (Wildman–Crippen LogP) is 0.919. The minimum atomic E-state index is -0.486. The van der Waals surface area contributed by atoms with Crippen molar-refractivity contribution in [2.24, 2.45) is 17.8 Å². The molecule has 2 aliphatic rings. The van der Waals surface area contributed by atoms with Gasteiger partial charge in [-0.05, 0) is 0 Å². The Hall–Kier alpha value is -1.36. The molecule has 24 heavy (non-hydrogen) atoms. The van der Waals surface area contributed by atoms with Crippen molar-refractivity contribution in [1.82, 2.24) is 20.0 Å². The molecule has 128 valence electrons. The topological polar surface area (TPSA) is 58.4 Å². The molecule has 0 spiro atoms. The van der Waals surface area contributed by atoms with Crippen LogP contribution < -0.4 is 15.1 Å². The van der Waals surface area contributed by atoms with Crippen LogP contribution >= 0.6 is 0 Å². The van der Waals surface area contributed by atoms with Crippen LogP contribution in [-0.2, 0) is 10.3 Å². The van der Waals surface area contributed by atoms with Crippen molar-refractivity contribution in [2.75, 3.05) is 13.1 Å². The molecule has 2 N–H and O–H groups in total. The van der Waals surface area contributed by atoms with Crippen LogP contribution in [0.2, 0.25) is 5.82 Å². The van der Waals surface area contributed by atoms with Gasteiger partial charge in [0, 0.05) is 0 Å². The first kappa shape index (κ1) is 16.1. The summed E-state index contributed by atoms with van der Waals surface area (Å²) in [6.45, 7) is 6.05. The third kappa shape index (κ3) is 2.48. The van der Waals surface area contributed by atoms with Gasteiger partial charge in [-0.1, -0.05) is 0 Å². The summed E-state index contributed by atoms with van der Waals surface area (Å²) < 4.78 is 3.47. The van der Waals surface area contributed by atoms with E-state index in [0.717, 1.165) is 24.4 Å². The standard InChI is InChI=1S/C18H24N4OSe/c1-18(2,21-16(23)15-11-7-12(15)9-19-8-11)17-20-10-13-14(24-3)5-4-6-22(13)17/h4-6,10-12,15,19H,7-9H2,1-3H3,(H,21,23)/t11-,12+,15-. The molecule has 1 amide bonds. The summed E-state index contributed by atoms with van der Waals surface area (Å²) in [4.78, 5) is 17.5. The number of nitrogens with zero attached hydrogens (tertiary/aromatic N) is 2. The average molecular weight is 391 g/mol. The van der Waals surface area contributed by atoms with Crippen LogP contribution in [0.4, 0.5) is 0 Å². The minimum absolute atomic E-state index is 0.172. The molecule has 3 atom stereocenters. The Labute approximate surface area is 148 Å². The van der Waals surface area contributed by atoms with Crippen molar-refractivity contribution in [3.05, 3.63) is 30.4 Å². The molecule has 4 rings (SSSR count). The Bertz CT molecular complexity index is 770. The number of hydrogen-bond donors (Lipinski definition) is 2. The first-order chi connectivity index (χ1) is 11.5. The van der Waals surface area contributed by atoms with E-state index >= 15 is 0 Å². The van der Waals surface area contributed by atoms with E-state index in [4.69, 9.17) is 0 Å². The summed E-state index contributed by atoms with van der Waals surface area (Å²) in [5, 5.41) is 6.68. The zero-order chi connectivity index (χ0) is 16.9. The van der Waals surface area contributed by atoms with Crippen LogP contribution in [0.5, 0.6) is 0 Å². The molecule has 2 bridgehead atoms. The van der Waals surface area contributed by atoms with Crippen LogP contribution in [-0.4, -0.2) is 43.3 Å². The van der Waals surface area contributed by atoms with Gasteiger partial charge in [0.25, 0.3) is 0 Å². The second-order valence-electron chi connectivity index (χ2n) is 7.47. The zero-order valence-corrected chi connectivity index (χ0v) is 16.1. The summed E-state index contributed by atoms with van der Waals surface area (Å²) in [6.07, 6.45) is 5.18. The fourth-order valence-electron chi connectivity index (χ4n) is 4.25. The van der Waals surface area contributed by atoms with E-state index in [2.05, 4.69) is 51.8 Å². The fraction of sp³-hybridized carbons (Fsp3) is 0.556. The van der Waals surface area contributed by atoms with Crippen LogP contribution in [0.1, 0.15) is 26.1 Å². The number of aromatic nitrogens is 2. The van der Waals surface area contributed by atoms with Gasteiger partial charge in [-0.2, -0.15) is 0 Å². The molecule has 6 heteroatoms. The van der Waals surface area contributed by atoms with E-state index in [0.29, 0.717) is 26.8 Å². The SMILES string of the molecule is C[Se]c1cccn2c(C(C)(C)NC(=O)[C@H]3[C@@H]4CNC[C@H]3C4)ncc12. The van der Waals surface area contributed by atoms with Gasteiger partial charge in [0.1, 0.15) is 0 Å². The maximum atomic E-state index is 12.8. The Balaban J connectivity index is 1.60. The van der Waals surface area contributed by atoms with Crippen LogP contribution in [0.25, 0.3) is 5.52 Å². The van der Waals surface area contributed by atoms with Gasteiger partial charge >= 0.3 is 148 Å². The number of imidazole rings is 1. The van der Waals surface area contributed by atoms with Crippen molar-refractivity contribution >= 4 is 30.8 Å². The van der Waals surface area contributed by atoms with Crippen molar-refractivity contribution in [3.8, 4) is 0 Å². The van der Waals surface area contributed by atoms with E-state index in [1.54, 1.807) is 0 Å². The molecule has 1 aliphatic carbocycles. The molecule has 1 aliphatic heterocycles. The molecule has 0 radical (unpaired) electrons. The molecule has 2 aromatic heterocycles. The molecule has 1 saturated heterocycles. The van der Waals surface area contributed by atoms with Crippen LogP contribution in [0, 0.1) is 17.8 Å². The Morgan fingerprint density at radius 3 is 2.83 bits per heavy atom. The molecule has 3 heterocycles. The van der Waals surface area contributed by atoms with Gasteiger partial charge in [-0.25, -0.2) is 0 Å². The van der Waals surface area contributed by atoms with Gasteiger partial charge in [0.15, 0.2) is 0 Å². The fourth-order valence-corrected chi connectivity index (χ4v) is 5.46. The van der Waals surface area contributed by atoms with Crippen molar-refractivity contribution < 1.29 is 4.79 Å². The van der Waals surface area contributed by atoms with Crippen LogP contribution in [0.15, 0.2) is 24.5 Å². The van der Waals surface area contributed by atoms with E-state index in [9.17, 15) is 4.79 Å². The Kier molecular flexibility index (Phi) is 3.94. The maximum absolute atomic E-state index is 12.8. The first-order valence-electron chi connectivity index (χ1n) is 8.54. The molecule has 2 fully saturated rings. The number of carbonyl (C=O) groups is 1. The number of piperidine rings is 2. The number of hydrogen-bond acceptors (Lipinski definition) is 3. The van der Waals surface area contributed by atoms with Gasteiger partial charge in [-0.15, -0.1) is 0 Å². The number of pyridine rings is 1. The Morgan fingerprint density at radius 2 is 2.17 bits per heavy atom. The second-order valence-corrected chi connectivity index (χ2v) is 9.25. The molecule has 1 saturated carbocycles. The summed E-state index contributed by atoms with van der Waals surface area (Å²) in [5.41, 5.74) is 0.669. The number of carbonyl (C=O) groups excluding carboxylic acids is 1. The molecule has 5 nitrogen and oxygen atoms in total. The molecular weight excluding hydrogens is 367 g/mol. The molecule has 0 unspecified atom stereocenters. The normalized spacial score (nSPS) is 26.2. The first-order valence-corrected chi connectivity index (χ1v) is 11.1. The summed E-state index contributed by atoms with van der Waals surface area (Å²) in [6, 6.07) is 4.23. The van der Waals surface area contributed by atoms with Gasteiger partial charge in [0.2, 0.25) is 0 Å². The third-order valence-electron chi connectivity index (χ3n) is 5.48. The number of rotatable bonds is 4. The summed E-state index contributed by atoms with van der Waals surface area (Å²) >= 11 is 0.420. The second kappa shape index (κ2) is 5.87. The van der Waals surface area contributed by atoms with Crippen molar-refractivity contribution in [1.29, 1.82) is 0 Å². The zero-order valence-electron chi connectivity index (χ0n) is 14.4. The monoisotopic (exact) mass is 392 g/mol. The van der Waals surface area contributed by atoms with Gasteiger partial charge in [0.05, 0.1) is 0 Å². The van der Waals surface area contributed by atoms with Gasteiger partial charge < -0.3 is 0 Å². The third-order valence-corrected chi connectivity index (χ3v) is 7.13. The Morgan fingerprint density at radius 1 is 1.42 bits per heavy atom. The van der Waals surface area contributed by atoms with E-state index < -0.39 is 5.54 Å². The average Bonchev–Trinajstić information content (AvgIpc) is 2.99. The van der Waals surface area contributed by atoms with Crippen molar-refractivity contribution in [3.63, 3.8) is 0 Å². The quantitative estimate of drug-likeness (QED) is 0.763. The molecular formula is C18H24N4OSe. The van der Waals surface area contributed by atoms with E-state index in [1.807, 2.05) is 12.4 Å². The number of fused-ring (bicyclic) bond motifs is 3. The van der Waals surface area contributed by atoms with E-state index in [1.165, 1.54) is 10.9 Å².